The second kappa shape index (κ2) is 6.49. The number of hydrogen-bond donors (Lipinski definition) is 2. The third-order valence-corrected chi connectivity index (χ3v) is 2.88. The molecule has 0 bridgehead atoms. The maximum atomic E-state index is 7.31. The Kier molecular flexibility index (Phi) is 5.27. The van der Waals surface area contributed by atoms with E-state index in [1.807, 2.05) is 4.68 Å². The Morgan fingerprint density at radius 2 is 2.11 bits per heavy atom. The molecule has 0 saturated carbocycles. The van der Waals surface area contributed by atoms with Gasteiger partial charge in [0.05, 0.1) is 12.4 Å². The lowest BCUT2D eigenvalue weighted by Gasteiger charge is -2.26. The van der Waals surface area contributed by atoms with Crippen molar-refractivity contribution < 1.29 is 0 Å². The van der Waals surface area contributed by atoms with Crippen LogP contribution < -0.4 is 5.73 Å². The lowest BCUT2D eigenvalue weighted by molar-refractivity contribution is 0.208. The monoisotopic (exact) mass is 252 g/mol. The molecule has 18 heavy (non-hydrogen) atoms. The predicted molar refractivity (Wildman–Crippen MR) is 72.5 cm³/mol. The minimum absolute atomic E-state index is 0.228. The van der Waals surface area contributed by atoms with Crippen molar-refractivity contribution in [2.75, 3.05) is 6.54 Å². The topological polar surface area (TPSA) is 83.8 Å². The fourth-order valence-corrected chi connectivity index (χ4v) is 1.78. The largest absolute Gasteiger partial charge is 0.388 e. The van der Waals surface area contributed by atoms with Gasteiger partial charge in [-0.05, 0) is 27.7 Å². The summed E-state index contributed by atoms with van der Waals surface area (Å²) in [5.41, 5.74) is 5.42. The fourth-order valence-electron chi connectivity index (χ4n) is 1.78. The van der Waals surface area contributed by atoms with E-state index in [9.17, 15) is 0 Å². The van der Waals surface area contributed by atoms with Crippen LogP contribution in [-0.4, -0.2) is 38.1 Å². The minimum Gasteiger partial charge on any atom is -0.388 e. The van der Waals surface area contributed by atoms with Crippen LogP contribution in [-0.2, 0) is 6.54 Å². The van der Waals surface area contributed by atoms with Gasteiger partial charge >= 0.3 is 0 Å². The standard InChI is InChI=1S/C12H24N6/c1-9(2)17(6-5-11(13)14)7-12-15-8-16-18(12)10(3)4/h8-10H,5-7H2,1-4H3,(H3,13,14). The van der Waals surface area contributed by atoms with Gasteiger partial charge in [-0.2, -0.15) is 5.10 Å². The van der Waals surface area contributed by atoms with Crippen molar-refractivity contribution in [3.8, 4) is 0 Å². The summed E-state index contributed by atoms with van der Waals surface area (Å²) in [5, 5.41) is 11.5. The summed E-state index contributed by atoms with van der Waals surface area (Å²) in [7, 11) is 0. The highest BCUT2D eigenvalue weighted by molar-refractivity contribution is 5.76. The highest BCUT2D eigenvalue weighted by Crippen LogP contribution is 2.10. The molecule has 1 aromatic heterocycles. The van der Waals surface area contributed by atoms with Crippen molar-refractivity contribution in [2.45, 2.75) is 52.7 Å². The van der Waals surface area contributed by atoms with E-state index in [1.54, 1.807) is 6.33 Å². The van der Waals surface area contributed by atoms with Gasteiger partial charge in [0.25, 0.3) is 0 Å². The average Bonchev–Trinajstić information content (AvgIpc) is 2.71. The van der Waals surface area contributed by atoms with Crippen LogP contribution in [0.4, 0.5) is 0 Å². The van der Waals surface area contributed by atoms with Crippen molar-refractivity contribution in [1.82, 2.24) is 19.7 Å². The zero-order valence-corrected chi connectivity index (χ0v) is 11.7. The van der Waals surface area contributed by atoms with E-state index in [0.717, 1.165) is 18.9 Å². The maximum absolute atomic E-state index is 7.31. The number of hydrogen-bond acceptors (Lipinski definition) is 4. The SMILES string of the molecule is CC(C)N(CCC(=N)N)Cc1ncnn1C(C)C. The van der Waals surface area contributed by atoms with Gasteiger partial charge in [0.15, 0.2) is 0 Å². The third-order valence-electron chi connectivity index (χ3n) is 2.88. The minimum atomic E-state index is 0.228. The van der Waals surface area contributed by atoms with Gasteiger partial charge in [-0.25, -0.2) is 9.67 Å². The second-order valence-electron chi connectivity index (χ2n) is 5.05. The van der Waals surface area contributed by atoms with Crippen LogP contribution in [0, 0.1) is 5.41 Å². The summed E-state index contributed by atoms with van der Waals surface area (Å²) >= 11 is 0. The van der Waals surface area contributed by atoms with Crippen molar-refractivity contribution in [2.24, 2.45) is 5.73 Å². The molecule has 1 aromatic rings. The first-order valence-corrected chi connectivity index (χ1v) is 6.37. The molecule has 0 aromatic carbocycles. The zero-order valence-electron chi connectivity index (χ0n) is 11.7. The van der Waals surface area contributed by atoms with E-state index < -0.39 is 0 Å². The summed E-state index contributed by atoms with van der Waals surface area (Å²) in [4.78, 5) is 6.57. The Morgan fingerprint density at radius 1 is 1.44 bits per heavy atom. The van der Waals surface area contributed by atoms with Crippen molar-refractivity contribution >= 4 is 5.84 Å². The first-order chi connectivity index (χ1) is 8.41. The summed E-state index contributed by atoms with van der Waals surface area (Å²) < 4.78 is 1.93. The predicted octanol–water partition coefficient (Wildman–Crippen LogP) is 1.40. The van der Waals surface area contributed by atoms with Gasteiger partial charge < -0.3 is 5.73 Å². The molecule has 1 rings (SSSR count). The van der Waals surface area contributed by atoms with Crippen LogP contribution in [0.25, 0.3) is 0 Å². The number of aromatic nitrogens is 3. The smallest absolute Gasteiger partial charge is 0.141 e. The highest BCUT2D eigenvalue weighted by Gasteiger charge is 2.15. The van der Waals surface area contributed by atoms with Gasteiger partial charge in [0.1, 0.15) is 12.2 Å². The second-order valence-corrected chi connectivity index (χ2v) is 5.05. The molecular formula is C12H24N6. The number of nitrogens with two attached hydrogens (primary N) is 1. The molecule has 0 amide bonds. The number of amidine groups is 1. The third kappa shape index (κ3) is 4.10. The Bertz CT molecular complexity index is 382. The van der Waals surface area contributed by atoms with Crippen LogP contribution in [0.2, 0.25) is 0 Å². The molecule has 6 nitrogen and oxygen atoms in total. The quantitative estimate of drug-likeness (QED) is 0.567. The molecule has 0 saturated heterocycles. The maximum Gasteiger partial charge on any atom is 0.141 e. The van der Waals surface area contributed by atoms with Gasteiger partial charge in [-0.3, -0.25) is 10.3 Å². The molecule has 0 aliphatic carbocycles. The average molecular weight is 252 g/mol. The van der Waals surface area contributed by atoms with Crippen LogP contribution in [0.1, 0.15) is 46.0 Å². The van der Waals surface area contributed by atoms with E-state index in [1.165, 1.54) is 0 Å². The number of nitrogens with one attached hydrogen (secondary N) is 1. The molecule has 102 valence electrons. The van der Waals surface area contributed by atoms with E-state index in [0.29, 0.717) is 18.5 Å². The summed E-state index contributed by atoms with van der Waals surface area (Å²) in [6, 6.07) is 0.700. The molecule has 0 fully saturated rings. The zero-order chi connectivity index (χ0) is 13.7. The number of nitrogens with zero attached hydrogens (tertiary/aromatic N) is 4. The highest BCUT2D eigenvalue weighted by atomic mass is 15.4. The van der Waals surface area contributed by atoms with Crippen LogP contribution >= 0.6 is 0 Å². The summed E-state index contributed by atoms with van der Waals surface area (Å²) in [5.74, 6) is 1.19. The van der Waals surface area contributed by atoms with Crippen molar-refractivity contribution in [3.63, 3.8) is 0 Å². The molecule has 0 atom stereocenters. The van der Waals surface area contributed by atoms with Crippen molar-refractivity contribution in [1.29, 1.82) is 5.41 Å². The van der Waals surface area contributed by atoms with Gasteiger partial charge in [0.2, 0.25) is 0 Å². The molecule has 0 aliphatic heterocycles. The Hall–Kier alpha value is -1.43. The van der Waals surface area contributed by atoms with Gasteiger partial charge in [0, 0.05) is 25.0 Å². The Balaban J connectivity index is 2.70. The first kappa shape index (κ1) is 14.6. The lowest BCUT2D eigenvalue weighted by Crippen LogP contribution is -2.34. The van der Waals surface area contributed by atoms with Crippen LogP contribution in [0.5, 0.6) is 0 Å². The molecule has 3 N–H and O–H groups in total. The van der Waals surface area contributed by atoms with Gasteiger partial charge in [-0.15, -0.1) is 0 Å². The first-order valence-electron chi connectivity index (χ1n) is 6.37. The Labute approximate surface area is 109 Å². The summed E-state index contributed by atoms with van der Waals surface area (Å²) in [6.07, 6.45) is 2.19. The fraction of sp³-hybridized carbons (Fsp3) is 0.750. The molecular weight excluding hydrogens is 228 g/mol. The van der Waals surface area contributed by atoms with Crippen molar-refractivity contribution in [3.05, 3.63) is 12.2 Å². The lowest BCUT2D eigenvalue weighted by atomic mass is 10.2. The molecule has 0 spiro atoms. The summed E-state index contributed by atoms with van der Waals surface area (Å²) in [6.45, 7) is 9.97. The van der Waals surface area contributed by atoms with E-state index in [2.05, 4.69) is 42.7 Å². The number of rotatable bonds is 7. The van der Waals surface area contributed by atoms with Crippen LogP contribution in [0.15, 0.2) is 6.33 Å². The Morgan fingerprint density at radius 3 is 2.61 bits per heavy atom. The van der Waals surface area contributed by atoms with Crippen LogP contribution in [0.3, 0.4) is 0 Å². The molecule has 0 aliphatic rings. The molecule has 1 heterocycles. The van der Waals surface area contributed by atoms with Gasteiger partial charge in [-0.1, -0.05) is 0 Å². The van der Waals surface area contributed by atoms with E-state index in [4.69, 9.17) is 11.1 Å². The normalized spacial score (nSPS) is 11.7. The van der Waals surface area contributed by atoms with E-state index >= 15 is 0 Å². The molecule has 6 heteroatoms. The molecule has 0 unspecified atom stereocenters. The molecule has 0 radical (unpaired) electrons. The van der Waals surface area contributed by atoms with E-state index in [-0.39, 0.29) is 5.84 Å².